The molecule has 0 aromatic rings. The molecule has 0 bridgehead atoms. The first-order valence-electron chi connectivity index (χ1n) is 6.69. The van der Waals surface area contributed by atoms with Gasteiger partial charge >= 0.3 is 0 Å². The summed E-state index contributed by atoms with van der Waals surface area (Å²) in [5.41, 5.74) is 0. The van der Waals surface area contributed by atoms with Crippen LogP contribution in [0.3, 0.4) is 0 Å². The van der Waals surface area contributed by atoms with Crippen molar-refractivity contribution in [3.05, 3.63) is 0 Å². The van der Waals surface area contributed by atoms with Gasteiger partial charge in [-0.15, -0.1) is 0 Å². The number of hydrogen-bond donors (Lipinski definition) is 0. The monoisotopic (exact) mass is 205 g/mol. The van der Waals surface area contributed by atoms with Gasteiger partial charge in [0.1, 0.15) is 0 Å². The third-order valence-electron chi connectivity index (χ3n) is 4.68. The lowest BCUT2D eigenvalue weighted by atomic mass is 9.70. The van der Waals surface area contributed by atoms with Crippen LogP contribution < -0.4 is 0 Å². The molecule has 0 radical (unpaired) electrons. The molecule has 0 atom stereocenters. The molecule has 1 nitrogen and oxygen atoms in total. The molecular weight excluding hydrogens is 182 g/mol. The van der Waals surface area contributed by atoms with Crippen LogP contribution in [0.15, 0.2) is 0 Å². The van der Waals surface area contributed by atoms with Crippen LogP contribution in [0.2, 0.25) is 0 Å². The first-order chi connectivity index (χ1) is 7.29. The van der Waals surface area contributed by atoms with Crippen LogP contribution in [0.4, 0.5) is 0 Å². The standard InChI is InChI=1S/C14H23N/c1-11-2-6-13(7-3-11)14-8-4-12(10-15)5-9-14/h11-14H,2-9H2,1H3. The summed E-state index contributed by atoms with van der Waals surface area (Å²) in [7, 11) is 0. The molecule has 0 spiro atoms. The Hall–Kier alpha value is -0.510. The van der Waals surface area contributed by atoms with Crippen LogP contribution in [-0.2, 0) is 0 Å². The van der Waals surface area contributed by atoms with Crippen LogP contribution in [0.5, 0.6) is 0 Å². The quantitative estimate of drug-likeness (QED) is 0.631. The lowest BCUT2D eigenvalue weighted by Gasteiger charge is -2.35. The van der Waals surface area contributed by atoms with E-state index < -0.39 is 0 Å². The van der Waals surface area contributed by atoms with Gasteiger partial charge in [-0.1, -0.05) is 19.8 Å². The first kappa shape index (κ1) is 11.0. The van der Waals surface area contributed by atoms with Gasteiger partial charge in [0.15, 0.2) is 0 Å². The fraction of sp³-hybridized carbons (Fsp3) is 0.929. The zero-order chi connectivity index (χ0) is 10.7. The van der Waals surface area contributed by atoms with Gasteiger partial charge in [-0.3, -0.25) is 0 Å². The minimum Gasteiger partial charge on any atom is -0.198 e. The van der Waals surface area contributed by atoms with Crippen molar-refractivity contribution in [3.8, 4) is 6.07 Å². The second-order valence-corrected chi connectivity index (χ2v) is 5.76. The van der Waals surface area contributed by atoms with E-state index in [0.717, 1.165) is 17.8 Å². The minimum atomic E-state index is 0.378. The summed E-state index contributed by atoms with van der Waals surface area (Å²) in [6.45, 7) is 2.39. The fourth-order valence-electron chi connectivity index (χ4n) is 3.48. The Labute approximate surface area is 93.9 Å². The Morgan fingerprint density at radius 1 is 0.800 bits per heavy atom. The van der Waals surface area contributed by atoms with Crippen molar-refractivity contribution in [2.45, 2.75) is 58.3 Å². The normalized spacial score (nSPS) is 42.1. The molecule has 2 aliphatic rings. The van der Waals surface area contributed by atoms with Crippen molar-refractivity contribution in [2.75, 3.05) is 0 Å². The third-order valence-corrected chi connectivity index (χ3v) is 4.68. The predicted octanol–water partition coefficient (Wildman–Crippen LogP) is 4.14. The van der Waals surface area contributed by atoms with E-state index in [9.17, 15) is 0 Å². The Kier molecular flexibility index (Phi) is 3.67. The molecular formula is C14H23N. The molecule has 0 aromatic heterocycles. The molecule has 0 aromatic carbocycles. The summed E-state index contributed by atoms with van der Waals surface area (Å²) < 4.78 is 0. The third kappa shape index (κ3) is 2.74. The van der Waals surface area contributed by atoms with Gasteiger partial charge in [0, 0.05) is 5.92 Å². The second-order valence-electron chi connectivity index (χ2n) is 5.76. The van der Waals surface area contributed by atoms with E-state index in [1.165, 1.54) is 51.4 Å². The molecule has 0 unspecified atom stereocenters. The molecule has 15 heavy (non-hydrogen) atoms. The van der Waals surface area contributed by atoms with Crippen molar-refractivity contribution < 1.29 is 0 Å². The van der Waals surface area contributed by atoms with E-state index >= 15 is 0 Å². The number of hydrogen-bond acceptors (Lipinski definition) is 1. The van der Waals surface area contributed by atoms with Crippen molar-refractivity contribution in [3.63, 3.8) is 0 Å². The Balaban J connectivity index is 1.78. The maximum atomic E-state index is 8.87. The smallest absolute Gasteiger partial charge is 0.0655 e. The van der Waals surface area contributed by atoms with E-state index in [1.54, 1.807) is 0 Å². The lowest BCUT2D eigenvalue weighted by Crippen LogP contribution is -2.24. The number of rotatable bonds is 1. The highest BCUT2D eigenvalue weighted by molar-refractivity contribution is 4.89. The molecule has 2 rings (SSSR count). The summed E-state index contributed by atoms with van der Waals surface area (Å²) >= 11 is 0. The van der Waals surface area contributed by atoms with Gasteiger partial charge in [0.25, 0.3) is 0 Å². The van der Waals surface area contributed by atoms with Gasteiger partial charge < -0.3 is 0 Å². The Morgan fingerprint density at radius 3 is 1.73 bits per heavy atom. The van der Waals surface area contributed by atoms with Gasteiger partial charge in [-0.2, -0.15) is 5.26 Å². The Morgan fingerprint density at radius 2 is 1.27 bits per heavy atom. The number of nitriles is 1. The molecule has 2 fully saturated rings. The number of nitrogens with zero attached hydrogens (tertiary/aromatic N) is 1. The predicted molar refractivity (Wildman–Crippen MR) is 62.2 cm³/mol. The maximum absolute atomic E-state index is 8.87. The highest BCUT2D eigenvalue weighted by Gasteiger charge is 2.29. The van der Waals surface area contributed by atoms with E-state index in [4.69, 9.17) is 5.26 Å². The highest BCUT2D eigenvalue weighted by Crippen LogP contribution is 2.40. The van der Waals surface area contributed by atoms with Crippen molar-refractivity contribution in [1.82, 2.24) is 0 Å². The largest absolute Gasteiger partial charge is 0.198 e. The summed E-state index contributed by atoms with van der Waals surface area (Å²) in [4.78, 5) is 0. The van der Waals surface area contributed by atoms with Crippen molar-refractivity contribution >= 4 is 0 Å². The van der Waals surface area contributed by atoms with E-state index in [-0.39, 0.29) is 0 Å². The summed E-state index contributed by atoms with van der Waals surface area (Å²) in [5, 5.41) is 8.87. The average molecular weight is 205 g/mol. The molecule has 2 saturated carbocycles. The molecule has 0 heterocycles. The molecule has 84 valence electrons. The summed E-state index contributed by atoms with van der Waals surface area (Å²) in [5.74, 6) is 3.31. The molecule has 2 aliphatic carbocycles. The SMILES string of the molecule is CC1CCC(C2CCC(C#N)CC2)CC1. The van der Waals surface area contributed by atoms with Gasteiger partial charge in [0.2, 0.25) is 0 Å². The van der Waals surface area contributed by atoms with Gasteiger partial charge in [0.05, 0.1) is 6.07 Å². The molecule has 0 saturated heterocycles. The zero-order valence-corrected chi connectivity index (χ0v) is 9.91. The summed E-state index contributed by atoms with van der Waals surface area (Å²) in [6, 6.07) is 2.43. The fourth-order valence-corrected chi connectivity index (χ4v) is 3.48. The van der Waals surface area contributed by atoms with E-state index in [0.29, 0.717) is 5.92 Å². The maximum Gasteiger partial charge on any atom is 0.0655 e. The van der Waals surface area contributed by atoms with Gasteiger partial charge in [-0.25, -0.2) is 0 Å². The van der Waals surface area contributed by atoms with Gasteiger partial charge in [-0.05, 0) is 56.3 Å². The van der Waals surface area contributed by atoms with Crippen LogP contribution in [0.1, 0.15) is 58.3 Å². The summed E-state index contributed by atoms with van der Waals surface area (Å²) in [6.07, 6.45) is 10.8. The molecule has 0 aliphatic heterocycles. The first-order valence-corrected chi connectivity index (χ1v) is 6.69. The molecule has 0 amide bonds. The van der Waals surface area contributed by atoms with Crippen molar-refractivity contribution in [2.24, 2.45) is 23.7 Å². The Bertz CT molecular complexity index is 224. The highest BCUT2D eigenvalue weighted by atomic mass is 14.4. The topological polar surface area (TPSA) is 23.8 Å². The van der Waals surface area contributed by atoms with Crippen molar-refractivity contribution in [1.29, 1.82) is 5.26 Å². The van der Waals surface area contributed by atoms with Crippen LogP contribution >= 0.6 is 0 Å². The average Bonchev–Trinajstić information content (AvgIpc) is 2.30. The van der Waals surface area contributed by atoms with E-state index in [2.05, 4.69) is 13.0 Å². The molecule has 0 N–H and O–H groups in total. The second kappa shape index (κ2) is 5.01. The van der Waals surface area contributed by atoms with Crippen LogP contribution in [-0.4, -0.2) is 0 Å². The van der Waals surface area contributed by atoms with E-state index in [1.807, 2.05) is 0 Å². The minimum absolute atomic E-state index is 0.378. The lowest BCUT2D eigenvalue weighted by molar-refractivity contribution is 0.161. The molecule has 1 heteroatoms. The van der Waals surface area contributed by atoms with Crippen LogP contribution in [0, 0.1) is 35.0 Å². The van der Waals surface area contributed by atoms with Crippen LogP contribution in [0.25, 0.3) is 0 Å². The zero-order valence-electron chi connectivity index (χ0n) is 9.91.